The number of aliphatic hydroxyl groups excluding tert-OH is 2. The van der Waals surface area contributed by atoms with Gasteiger partial charge < -0.3 is 15.5 Å². The average molecular weight is 207 g/mol. The summed E-state index contributed by atoms with van der Waals surface area (Å²) in [6, 6.07) is 7.35. The molecule has 0 fully saturated rings. The number of aliphatic hydroxyl groups is 2. The largest absolute Gasteiger partial charge is 0.389 e. The van der Waals surface area contributed by atoms with E-state index in [9.17, 15) is 10.2 Å². The van der Waals surface area contributed by atoms with Gasteiger partial charge in [-0.3, -0.25) is 0 Å². The van der Waals surface area contributed by atoms with E-state index in [0.29, 0.717) is 12.1 Å². The first kappa shape index (κ1) is 11.9. The van der Waals surface area contributed by atoms with Gasteiger partial charge in [-0.1, -0.05) is 36.9 Å². The van der Waals surface area contributed by atoms with E-state index in [1.807, 2.05) is 18.2 Å². The average Bonchev–Trinajstić information content (AvgIpc) is 2.28. The lowest BCUT2D eigenvalue weighted by atomic mass is 9.98. The van der Waals surface area contributed by atoms with Crippen LogP contribution in [0.1, 0.15) is 17.2 Å². The number of hydrogen-bond donors (Lipinski definition) is 3. The third-order valence-corrected chi connectivity index (χ3v) is 2.31. The van der Waals surface area contributed by atoms with Crippen LogP contribution < -0.4 is 5.32 Å². The van der Waals surface area contributed by atoms with Crippen molar-refractivity contribution in [3.63, 3.8) is 0 Å². The second kappa shape index (κ2) is 5.66. The van der Waals surface area contributed by atoms with Crippen LogP contribution in [0.25, 0.3) is 6.08 Å². The monoisotopic (exact) mass is 207 g/mol. The summed E-state index contributed by atoms with van der Waals surface area (Å²) >= 11 is 0. The summed E-state index contributed by atoms with van der Waals surface area (Å²) in [6.45, 7) is 4.02. The molecule has 1 aromatic carbocycles. The molecular weight excluding hydrogens is 190 g/mol. The Morgan fingerprint density at radius 3 is 2.67 bits per heavy atom. The zero-order valence-corrected chi connectivity index (χ0v) is 8.85. The minimum atomic E-state index is -0.883. The van der Waals surface area contributed by atoms with Gasteiger partial charge in [0.2, 0.25) is 0 Å². The summed E-state index contributed by atoms with van der Waals surface area (Å²) in [4.78, 5) is 0. The fourth-order valence-electron chi connectivity index (χ4n) is 1.49. The van der Waals surface area contributed by atoms with Gasteiger partial charge in [-0.05, 0) is 18.2 Å². The quantitative estimate of drug-likeness (QED) is 0.673. The molecule has 3 heteroatoms. The van der Waals surface area contributed by atoms with Crippen molar-refractivity contribution < 1.29 is 10.2 Å². The number of rotatable bonds is 5. The van der Waals surface area contributed by atoms with E-state index in [1.165, 1.54) is 0 Å². The number of benzene rings is 1. The Balaban J connectivity index is 2.89. The van der Waals surface area contributed by atoms with Crippen molar-refractivity contribution in [3.8, 4) is 0 Å². The van der Waals surface area contributed by atoms with Gasteiger partial charge in [0.25, 0.3) is 0 Å². The molecule has 15 heavy (non-hydrogen) atoms. The van der Waals surface area contributed by atoms with Crippen LogP contribution in [0.4, 0.5) is 0 Å². The van der Waals surface area contributed by atoms with Gasteiger partial charge in [-0.2, -0.15) is 0 Å². The Hall–Kier alpha value is -1.16. The molecule has 0 amide bonds. The first-order chi connectivity index (χ1) is 7.20. The zero-order chi connectivity index (χ0) is 11.3. The Bertz CT molecular complexity index is 325. The lowest BCUT2D eigenvalue weighted by Gasteiger charge is -2.19. The summed E-state index contributed by atoms with van der Waals surface area (Å²) in [5, 5.41) is 22.4. The summed E-state index contributed by atoms with van der Waals surface area (Å²) < 4.78 is 0. The number of hydrogen-bond acceptors (Lipinski definition) is 3. The van der Waals surface area contributed by atoms with Crippen LogP contribution in [-0.2, 0) is 0 Å². The first-order valence-electron chi connectivity index (χ1n) is 4.92. The maximum Gasteiger partial charge on any atom is 0.107 e. The van der Waals surface area contributed by atoms with E-state index in [2.05, 4.69) is 11.9 Å². The third kappa shape index (κ3) is 2.89. The molecule has 0 aliphatic rings. The molecule has 0 spiro atoms. The van der Waals surface area contributed by atoms with E-state index in [1.54, 1.807) is 19.2 Å². The van der Waals surface area contributed by atoms with Crippen LogP contribution in [0.15, 0.2) is 30.8 Å². The van der Waals surface area contributed by atoms with Crippen LogP contribution in [0, 0.1) is 0 Å². The Morgan fingerprint density at radius 2 is 2.07 bits per heavy atom. The molecule has 2 unspecified atom stereocenters. The van der Waals surface area contributed by atoms with Crippen molar-refractivity contribution in [1.82, 2.24) is 5.32 Å². The highest BCUT2D eigenvalue weighted by Crippen LogP contribution is 2.21. The van der Waals surface area contributed by atoms with Gasteiger partial charge in [0.05, 0.1) is 6.10 Å². The Labute approximate surface area is 90.1 Å². The normalized spacial score (nSPS) is 14.6. The van der Waals surface area contributed by atoms with Crippen LogP contribution in [0.3, 0.4) is 0 Å². The maximum atomic E-state index is 9.89. The predicted octanol–water partition coefficient (Wildman–Crippen LogP) is 0.943. The second-order valence-corrected chi connectivity index (χ2v) is 3.40. The molecule has 0 bridgehead atoms. The van der Waals surface area contributed by atoms with E-state index in [-0.39, 0.29) is 0 Å². The molecule has 3 nitrogen and oxygen atoms in total. The topological polar surface area (TPSA) is 52.5 Å². The van der Waals surface area contributed by atoms with Gasteiger partial charge in [0.1, 0.15) is 6.10 Å². The molecule has 0 aliphatic carbocycles. The molecule has 1 rings (SSSR count). The van der Waals surface area contributed by atoms with Crippen molar-refractivity contribution in [2.24, 2.45) is 0 Å². The molecule has 0 saturated carbocycles. The molecule has 0 aliphatic heterocycles. The van der Waals surface area contributed by atoms with E-state index in [0.717, 1.165) is 5.56 Å². The highest BCUT2D eigenvalue weighted by atomic mass is 16.3. The fourth-order valence-corrected chi connectivity index (χ4v) is 1.49. The van der Waals surface area contributed by atoms with Crippen LogP contribution in [-0.4, -0.2) is 29.9 Å². The van der Waals surface area contributed by atoms with Gasteiger partial charge in [0, 0.05) is 6.54 Å². The molecule has 0 aromatic heterocycles. The standard InChI is InChI=1S/C12H17NO2/c1-3-9-6-4-5-7-10(9)12(15)11(14)8-13-2/h3-7,11-15H,1,8H2,2H3. The van der Waals surface area contributed by atoms with Gasteiger partial charge in [-0.25, -0.2) is 0 Å². The summed E-state index contributed by atoms with van der Waals surface area (Å²) in [6.07, 6.45) is -0.0206. The number of nitrogens with one attached hydrogen (secondary N) is 1. The third-order valence-electron chi connectivity index (χ3n) is 2.31. The highest BCUT2D eigenvalue weighted by molar-refractivity contribution is 5.52. The van der Waals surface area contributed by atoms with Crippen molar-refractivity contribution in [3.05, 3.63) is 42.0 Å². The lowest BCUT2D eigenvalue weighted by molar-refractivity contribution is 0.0201. The smallest absolute Gasteiger partial charge is 0.107 e. The van der Waals surface area contributed by atoms with Crippen LogP contribution in [0.2, 0.25) is 0 Å². The zero-order valence-electron chi connectivity index (χ0n) is 8.85. The molecule has 82 valence electrons. The van der Waals surface area contributed by atoms with Gasteiger partial charge in [0.15, 0.2) is 0 Å². The van der Waals surface area contributed by atoms with E-state index >= 15 is 0 Å². The maximum absolute atomic E-state index is 9.89. The molecule has 1 aromatic rings. The van der Waals surface area contributed by atoms with Gasteiger partial charge >= 0.3 is 0 Å². The second-order valence-electron chi connectivity index (χ2n) is 3.40. The minimum absolute atomic E-state index is 0.354. The highest BCUT2D eigenvalue weighted by Gasteiger charge is 2.18. The Kier molecular flexibility index (Phi) is 4.49. The predicted molar refractivity (Wildman–Crippen MR) is 61.4 cm³/mol. The molecule has 3 N–H and O–H groups in total. The molecule has 0 saturated heterocycles. The Morgan fingerprint density at radius 1 is 1.40 bits per heavy atom. The lowest BCUT2D eigenvalue weighted by Crippen LogP contribution is -2.29. The fraction of sp³-hybridized carbons (Fsp3) is 0.333. The van der Waals surface area contributed by atoms with Crippen molar-refractivity contribution in [1.29, 1.82) is 0 Å². The number of likely N-dealkylation sites (N-methyl/N-ethyl adjacent to an activating group) is 1. The van der Waals surface area contributed by atoms with Crippen LogP contribution in [0.5, 0.6) is 0 Å². The molecule has 0 radical (unpaired) electrons. The van der Waals surface area contributed by atoms with E-state index < -0.39 is 12.2 Å². The van der Waals surface area contributed by atoms with Crippen molar-refractivity contribution in [2.75, 3.05) is 13.6 Å². The molecular formula is C12H17NO2. The summed E-state index contributed by atoms with van der Waals surface area (Å²) in [5.74, 6) is 0. The van der Waals surface area contributed by atoms with Gasteiger partial charge in [-0.15, -0.1) is 0 Å². The minimum Gasteiger partial charge on any atom is -0.389 e. The molecule has 2 atom stereocenters. The summed E-state index contributed by atoms with van der Waals surface area (Å²) in [5.41, 5.74) is 1.55. The molecule has 0 heterocycles. The first-order valence-corrected chi connectivity index (χ1v) is 4.92. The van der Waals surface area contributed by atoms with E-state index in [4.69, 9.17) is 0 Å². The summed E-state index contributed by atoms with van der Waals surface area (Å²) in [7, 11) is 1.73. The SMILES string of the molecule is C=Cc1ccccc1C(O)C(O)CNC. The van der Waals surface area contributed by atoms with Crippen molar-refractivity contribution in [2.45, 2.75) is 12.2 Å². The van der Waals surface area contributed by atoms with Crippen LogP contribution >= 0.6 is 0 Å². The van der Waals surface area contributed by atoms with Crippen molar-refractivity contribution >= 4 is 6.08 Å².